The average Bonchev–Trinajstić information content (AvgIpc) is 2.59. The molecule has 0 saturated heterocycles. The fourth-order valence-electron chi connectivity index (χ4n) is 2.10. The molecule has 1 amide bonds. The monoisotopic (exact) mass is 359 g/mol. The molecular weight excluding hydrogens is 348 g/mol. The number of rotatable bonds is 4. The summed E-state index contributed by atoms with van der Waals surface area (Å²) < 4.78 is 26.1. The molecule has 126 valence electrons. The van der Waals surface area contributed by atoms with Crippen LogP contribution in [-0.4, -0.2) is 10.9 Å². The molecule has 4 nitrogen and oxygen atoms in total. The standard InChI is InChI=1S/C18H12ClF2N3O/c19-11-2-1-3-12(8-11)24-18(25)17-7-5-14(10-22-17)23-13-4-6-15(20)16(21)9-13/h1-10,23H,(H,24,25). The van der Waals surface area contributed by atoms with Crippen molar-refractivity contribution in [2.24, 2.45) is 0 Å². The summed E-state index contributed by atoms with van der Waals surface area (Å²) in [5, 5.41) is 6.07. The van der Waals surface area contributed by atoms with Crippen LogP contribution >= 0.6 is 11.6 Å². The number of aromatic nitrogens is 1. The SMILES string of the molecule is O=C(Nc1cccc(Cl)c1)c1ccc(Nc2ccc(F)c(F)c2)cn1. The molecule has 0 aliphatic rings. The fraction of sp³-hybridized carbons (Fsp3) is 0. The second kappa shape index (κ2) is 7.27. The molecule has 0 radical (unpaired) electrons. The van der Waals surface area contributed by atoms with Gasteiger partial charge in [0.1, 0.15) is 5.69 Å². The van der Waals surface area contributed by atoms with Gasteiger partial charge in [0.05, 0.1) is 11.9 Å². The lowest BCUT2D eigenvalue weighted by molar-refractivity contribution is 0.102. The smallest absolute Gasteiger partial charge is 0.274 e. The number of pyridine rings is 1. The van der Waals surface area contributed by atoms with Crippen molar-refractivity contribution in [3.8, 4) is 0 Å². The summed E-state index contributed by atoms with van der Waals surface area (Å²) in [4.78, 5) is 16.2. The first kappa shape index (κ1) is 16.9. The highest BCUT2D eigenvalue weighted by molar-refractivity contribution is 6.30. The minimum Gasteiger partial charge on any atom is -0.354 e. The van der Waals surface area contributed by atoms with Crippen molar-refractivity contribution in [1.29, 1.82) is 0 Å². The maximum absolute atomic E-state index is 13.2. The molecule has 0 bridgehead atoms. The number of hydrogen-bond acceptors (Lipinski definition) is 3. The lowest BCUT2D eigenvalue weighted by Gasteiger charge is -2.08. The molecule has 3 aromatic rings. The Morgan fingerprint density at radius 1 is 0.920 bits per heavy atom. The Kier molecular flexibility index (Phi) is 4.90. The highest BCUT2D eigenvalue weighted by atomic mass is 35.5. The van der Waals surface area contributed by atoms with Gasteiger partial charge in [-0.3, -0.25) is 4.79 Å². The van der Waals surface area contributed by atoms with Gasteiger partial charge in [0.15, 0.2) is 11.6 Å². The number of benzene rings is 2. The van der Waals surface area contributed by atoms with Crippen LogP contribution in [-0.2, 0) is 0 Å². The largest absolute Gasteiger partial charge is 0.354 e. The summed E-state index contributed by atoms with van der Waals surface area (Å²) in [5.41, 5.74) is 1.67. The van der Waals surface area contributed by atoms with Gasteiger partial charge in [-0.25, -0.2) is 13.8 Å². The molecule has 1 aromatic heterocycles. The van der Waals surface area contributed by atoms with E-state index in [1.54, 1.807) is 30.3 Å². The number of hydrogen-bond donors (Lipinski definition) is 2. The van der Waals surface area contributed by atoms with Gasteiger partial charge in [0.25, 0.3) is 5.91 Å². The summed E-state index contributed by atoms with van der Waals surface area (Å²) in [6.07, 6.45) is 1.42. The van der Waals surface area contributed by atoms with E-state index in [0.29, 0.717) is 22.1 Å². The molecule has 3 rings (SSSR count). The Balaban J connectivity index is 1.69. The summed E-state index contributed by atoms with van der Waals surface area (Å²) in [5.74, 6) is -2.26. The lowest BCUT2D eigenvalue weighted by Crippen LogP contribution is -2.13. The summed E-state index contributed by atoms with van der Waals surface area (Å²) in [6.45, 7) is 0. The van der Waals surface area contributed by atoms with Gasteiger partial charge in [-0.2, -0.15) is 0 Å². The van der Waals surface area contributed by atoms with Crippen molar-refractivity contribution in [2.75, 3.05) is 10.6 Å². The third-order valence-corrected chi connectivity index (χ3v) is 3.52. The highest BCUT2D eigenvalue weighted by Gasteiger charge is 2.08. The van der Waals surface area contributed by atoms with Crippen molar-refractivity contribution in [2.45, 2.75) is 0 Å². The zero-order chi connectivity index (χ0) is 17.8. The van der Waals surface area contributed by atoms with E-state index in [9.17, 15) is 13.6 Å². The van der Waals surface area contributed by atoms with E-state index < -0.39 is 11.6 Å². The maximum atomic E-state index is 13.2. The first-order valence-corrected chi connectivity index (χ1v) is 7.64. The van der Waals surface area contributed by atoms with Crippen LogP contribution in [0.2, 0.25) is 5.02 Å². The molecule has 0 fully saturated rings. The molecule has 0 saturated carbocycles. The van der Waals surface area contributed by atoms with Crippen LogP contribution in [0.25, 0.3) is 0 Å². The molecular formula is C18H12ClF2N3O. The Hall–Kier alpha value is -2.99. The van der Waals surface area contributed by atoms with E-state index in [2.05, 4.69) is 15.6 Å². The molecule has 7 heteroatoms. The van der Waals surface area contributed by atoms with E-state index >= 15 is 0 Å². The Morgan fingerprint density at radius 2 is 1.72 bits per heavy atom. The minimum atomic E-state index is -0.949. The van der Waals surface area contributed by atoms with Crippen LogP contribution in [0.15, 0.2) is 60.8 Å². The molecule has 1 heterocycles. The van der Waals surface area contributed by atoms with Gasteiger partial charge in [-0.15, -0.1) is 0 Å². The number of carbonyl (C=O) groups is 1. The number of anilines is 3. The van der Waals surface area contributed by atoms with Gasteiger partial charge in [-0.1, -0.05) is 17.7 Å². The van der Waals surface area contributed by atoms with Crippen LogP contribution in [0.1, 0.15) is 10.5 Å². The molecule has 0 spiro atoms. The van der Waals surface area contributed by atoms with E-state index in [-0.39, 0.29) is 11.6 Å². The van der Waals surface area contributed by atoms with Gasteiger partial charge >= 0.3 is 0 Å². The van der Waals surface area contributed by atoms with Crippen LogP contribution in [0.5, 0.6) is 0 Å². The first-order chi connectivity index (χ1) is 12.0. The predicted octanol–water partition coefficient (Wildman–Crippen LogP) is 5.01. The summed E-state index contributed by atoms with van der Waals surface area (Å²) in [6, 6.07) is 13.4. The van der Waals surface area contributed by atoms with Crippen molar-refractivity contribution < 1.29 is 13.6 Å². The van der Waals surface area contributed by atoms with Crippen LogP contribution < -0.4 is 10.6 Å². The Labute approximate surface area is 147 Å². The minimum absolute atomic E-state index is 0.204. The second-order valence-corrected chi connectivity index (χ2v) is 5.59. The molecule has 0 atom stereocenters. The van der Waals surface area contributed by atoms with Gasteiger partial charge in [0, 0.05) is 22.5 Å². The first-order valence-electron chi connectivity index (χ1n) is 7.26. The Morgan fingerprint density at radius 3 is 2.40 bits per heavy atom. The van der Waals surface area contributed by atoms with Crippen molar-refractivity contribution in [1.82, 2.24) is 4.98 Å². The average molecular weight is 360 g/mol. The molecule has 0 aliphatic heterocycles. The van der Waals surface area contributed by atoms with E-state index in [1.165, 1.54) is 18.3 Å². The molecule has 2 N–H and O–H groups in total. The summed E-state index contributed by atoms with van der Waals surface area (Å²) >= 11 is 5.87. The quantitative estimate of drug-likeness (QED) is 0.688. The third kappa shape index (κ3) is 4.30. The predicted molar refractivity (Wildman–Crippen MR) is 93.3 cm³/mol. The number of nitrogens with zero attached hydrogens (tertiary/aromatic N) is 1. The zero-order valence-electron chi connectivity index (χ0n) is 12.8. The third-order valence-electron chi connectivity index (χ3n) is 3.29. The van der Waals surface area contributed by atoms with Crippen LogP contribution in [0.4, 0.5) is 25.8 Å². The second-order valence-electron chi connectivity index (χ2n) is 5.15. The number of halogens is 3. The molecule has 2 aromatic carbocycles. The number of carbonyl (C=O) groups excluding carboxylic acids is 1. The summed E-state index contributed by atoms with van der Waals surface area (Å²) in [7, 11) is 0. The van der Waals surface area contributed by atoms with Crippen molar-refractivity contribution in [3.05, 3.63) is 83.1 Å². The normalized spacial score (nSPS) is 10.4. The highest BCUT2D eigenvalue weighted by Crippen LogP contribution is 2.19. The Bertz CT molecular complexity index is 916. The number of amides is 1. The topological polar surface area (TPSA) is 54.0 Å². The zero-order valence-corrected chi connectivity index (χ0v) is 13.5. The molecule has 0 aliphatic carbocycles. The maximum Gasteiger partial charge on any atom is 0.274 e. The lowest BCUT2D eigenvalue weighted by atomic mass is 10.2. The van der Waals surface area contributed by atoms with Crippen molar-refractivity contribution >= 4 is 34.6 Å². The van der Waals surface area contributed by atoms with Crippen LogP contribution in [0, 0.1) is 11.6 Å². The number of nitrogens with one attached hydrogen (secondary N) is 2. The van der Waals surface area contributed by atoms with E-state index in [4.69, 9.17) is 11.6 Å². The molecule has 25 heavy (non-hydrogen) atoms. The van der Waals surface area contributed by atoms with Gasteiger partial charge in [0.2, 0.25) is 0 Å². The van der Waals surface area contributed by atoms with E-state index in [1.807, 2.05) is 0 Å². The van der Waals surface area contributed by atoms with Gasteiger partial charge < -0.3 is 10.6 Å². The van der Waals surface area contributed by atoms with E-state index in [0.717, 1.165) is 12.1 Å². The van der Waals surface area contributed by atoms with Crippen molar-refractivity contribution in [3.63, 3.8) is 0 Å². The van der Waals surface area contributed by atoms with Crippen LogP contribution in [0.3, 0.4) is 0 Å². The fourth-order valence-corrected chi connectivity index (χ4v) is 2.29. The molecule has 0 unspecified atom stereocenters. The van der Waals surface area contributed by atoms with Gasteiger partial charge in [-0.05, 0) is 42.5 Å².